The van der Waals surface area contributed by atoms with Crippen LogP contribution >= 0.6 is 0 Å². The second kappa shape index (κ2) is 5.72. The highest BCUT2D eigenvalue weighted by Crippen LogP contribution is 2.24. The number of aromatic carboxylic acids is 2. The largest absolute Gasteiger partial charge is 0.478 e. The van der Waals surface area contributed by atoms with Crippen LogP contribution in [0.2, 0.25) is 0 Å². The van der Waals surface area contributed by atoms with E-state index in [9.17, 15) is 9.59 Å². The lowest BCUT2D eigenvalue weighted by atomic mass is 10.1. The second-order valence-electron chi connectivity index (χ2n) is 4.77. The van der Waals surface area contributed by atoms with Crippen LogP contribution in [-0.4, -0.2) is 32.1 Å². The first-order valence-corrected chi connectivity index (χ1v) is 6.63. The summed E-state index contributed by atoms with van der Waals surface area (Å²) in [5.74, 6) is -1.51. The van der Waals surface area contributed by atoms with E-state index in [0.29, 0.717) is 22.4 Å². The lowest BCUT2D eigenvalue weighted by Gasteiger charge is -2.09. The van der Waals surface area contributed by atoms with Gasteiger partial charge in [-0.3, -0.25) is 0 Å². The van der Waals surface area contributed by atoms with Crippen LogP contribution in [0.25, 0.3) is 10.9 Å². The maximum atomic E-state index is 11.0. The molecule has 0 spiro atoms. The molecule has 0 radical (unpaired) electrons. The predicted octanol–water partition coefficient (Wildman–Crippen LogP) is 2.77. The van der Waals surface area contributed by atoms with Gasteiger partial charge in [-0.25, -0.2) is 19.6 Å². The van der Waals surface area contributed by atoms with Crippen molar-refractivity contribution < 1.29 is 19.8 Å². The minimum Gasteiger partial charge on any atom is -0.478 e. The van der Waals surface area contributed by atoms with E-state index in [-0.39, 0.29) is 11.1 Å². The number of nitrogens with zero attached hydrogens (tertiary/aromatic N) is 2. The number of hydrogen-bond donors (Lipinski definition) is 3. The minimum absolute atomic E-state index is 0.146. The molecule has 0 fully saturated rings. The molecule has 114 valence electrons. The molecular weight excluding hydrogens is 298 g/mol. The second-order valence-corrected chi connectivity index (χ2v) is 4.77. The monoisotopic (exact) mass is 309 g/mol. The van der Waals surface area contributed by atoms with Crippen LogP contribution < -0.4 is 5.32 Å². The quantitative estimate of drug-likeness (QED) is 0.679. The molecule has 3 N–H and O–H groups in total. The van der Waals surface area contributed by atoms with Gasteiger partial charge in [0, 0.05) is 11.1 Å². The molecule has 3 aromatic rings. The van der Waals surface area contributed by atoms with E-state index in [4.69, 9.17) is 10.2 Å². The Balaban J connectivity index is 1.96. The molecule has 0 aliphatic carbocycles. The number of aromatic nitrogens is 2. The highest BCUT2D eigenvalue weighted by Gasteiger charge is 2.09. The Kier molecular flexibility index (Phi) is 3.60. The van der Waals surface area contributed by atoms with Crippen molar-refractivity contribution in [3.8, 4) is 0 Å². The maximum absolute atomic E-state index is 11.0. The lowest BCUT2D eigenvalue weighted by Crippen LogP contribution is -2.00. The van der Waals surface area contributed by atoms with E-state index in [2.05, 4.69) is 15.3 Å². The zero-order valence-corrected chi connectivity index (χ0v) is 11.7. The number of carboxylic acids is 2. The third kappa shape index (κ3) is 2.93. The van der Waals surface area contributed by atoms with Crippen LogP contribution in [0.5, 0.6) is 0 Å². The van der Waals surface area contributed by atoms with E-state index >= 15 is 0 Å². The number of carboxylic acid groups (broad SMARTS) is 2. The molecule has 3 rings (SSSR count). The van der Waals surface area contributed by atoms with E-state index < -0.39 is 11.9 Å². The van der Waals surface area contributed by atoms with Crippen LogP contribution in [-0.2, 0) is 0 Å². The van der Waals surface area contributed by atoms with Crippen molar-refractivity contribution in [2.75, 3.05) is 5.32 Å². The van der Waals surface area contributed by atoms with Crippen molar-refractivity contribution in [1.82, 2.24) is 9.97 Å². The van der Waals surface area contributed by atoms with Gasteiger partial charge in [-0.05, 0) is 42.5 Å². The van der Waals surface area contributed by atoms with Crippen molar-refractivity contribution >= 4 is 34.3 Å². The summed E-state index contributed by atoms with van der Waals surface area (Å²) in [6.45, 7) is 0. The standard InChI is InChI=1S/C16H11N3O4/c20-15(21)9-1-4-11(5-2-9)19-14-12-6-3-10(16(22)23)7-13(12)17-8-18-14/h1-8H,(H,20,21)(H,22,23)(H,17,18,19). The van der Waals surface area contributed by atoms with E-state index in [1.54, 1.807) is 18.2 Å². The molecule has 7 heteroatoms. The summed E-state index contributed by atoms with van der Waals surface area (Å²) >= 11 is 0. The Bertz CT molecular complexity index is 907. The highest BCUT2D eigenvalue weighted by molar-refractivity contribution is 5.97. The molecule has 0 atom stereocenters. The number of rotatable bonds is 4. The topological polar surface area (TPSA) is 112 Å². The maximum Gasteiger partial charge on any atom is 0.335 e. The number of hydrogen-bond acceptors (Lipinski definition) is 5. The summed E-state index contributed by atoms with van der Waals surface area (Å²) in [4.78, 5) is 30.1. The summed E-state index contributed by atoms with van der Waals surface area (Å²) in [5.41, 5.74) is 1.50. The van der Waals surface area contributed by atoms with Crippen molar-refractivity contribution in [3.63, 3.8) is 0 Å². The Morgan fingerprint density at radius 2 is 1.52 bits per heavy atom. The Morgan fingerprint density at radius 1 is 0.870 bits per heavy atom. The van der Waals surface area contributed by atoms with Crippen molar-refractivity contribution in [1.29, 1.82) is 0 Å². The molecule has 0 aliphatic heterocycles. The minimum atomic E-state index is -1.02. The first kappa shape index (κ1) is 14.5. The SMILES string of the molecule is O=C(O)c1ccc(Nc2ncnc3cc(C(=O)O)ccc23)cc1. The van der Waals surface area contributed by atoms with Gasteiger partial charge < -0.3 is 15.5 Å². The molecule has 0 aliphatic rings. The molecule has 2 aromatic carbocycles. The van der Waals surface area contributed by atoms with Crippen molar-refractivity contribution in [3.05, 3.63) is 59.9 Å². The van der Waals surface area contributed by atoms with Gasteiger partial charge in [-0.2, -0.15) is 0 Å². The lowest BCUT2D eigenvalue weighted by molar-refractivity contribution is 0.0686. The van der Waals surface area contributed by atoms with Crippen LogP contribution in [0.15, 0.2) is 48.8 Å². The molecule has 23 heavy (non-hydrogen) atoms. The van der Waals surface area contributed by atoms with Gasteiger partial charge >= 0.3 is 11.9 Å². The first-order chi connectivity index (χ1) is 11.0. The molecule has 0 saturated carbocycles. The Hall–Kier alpha value is -3.48. The molecule has 0 amide bonds. The van der Waals surface area contributed by atoms with Gasteiger partial charge in [-0.15, -0.1) is 0 Å². The Morgan fingerprint density at radius 3 is 2.17 bits per heavy atom. The summed E-state index contributed by atoms with van der Waals surface area (Å²) in [5, 5.41) is 21.6. The average Bonchev–Trinajstić information content (AvgIpc) is 2.55. The van der Waals surface area contributed by atoms with Crippen LogP contribution in [0, 0.1) is 0 Å². The Labute approximate surface area is 130 Å². The smallest absolute Gasteiger partial charge is 0.335 e. The number of fused-ring (bicyclic) bond motifs is 1. The number of benzene rings is 2. The van der Waals surface area contributed by atoms with E-state index in [1.807, 2.05) is 0 Å². The fraction of sp³-hybridized carbons (Fsp3) is 0. The summed E-state index contributed by atoms with van der Waals surface area (Å²) in [7, 11) is 0. The van der Waals surface area contributed by atoms with Crippen LogP contribution in [0.4, 0.5) is 11.5 Å². The van der Waals surface area contributed by atoms with Crippen LogP contribution in [0.3, 0.4) is 0 Å². The van der Waals surface area contributed by atoms with E-state index in [1.165, 1.54) is 30.6 Å². The first-order valence-electron chi connectivity index (χ1n) is 6.63. The van der Waals surface area contributed by atoms with E-state index in [0.717, 1.165) is 0 Å². The molecule has 0 saturated heterocycles. The molecular formula is C16H11N3O4. The summed E-state index contributed by atoms with van der Waals surface area (Å²) in [6.07, 6.45) is 1.34. The molecule has 1 aromatic heterocycles. The fourth-order valence-corrected chi connectivity index (χ4v) is 2.12. The van der Waals surface area contributed by atoms with Crippen molar-refractivity contribution in [2.24, 2.45) is 0 Å². The summed E-state index contributed by atoms with van der Waals surface area (Å²) < 4.78 is 0. The number of anilines is 2. The normalized spacial score (nSPS) is 10.4. The third-order valence-electron chi connectivity index (χ3n) is 3.28. The molecule has 0 unspecified atom stereocenters. The zero-order valence-electron chi connectivity index (χ0n) is 11.7. The van der Waals surface area contributed by atoms with Gasteiger partial charge in [0.25, 0.3) is 0 Å². The zero-order chi connectivity index (χ0) is 16.4. The summed E-state index contributed by atoms with van der Waals surface area (Å²) in [6, 6.07) is 10.8. The fourth-order valence-electron chi connectivity index (χ4n) is 2.12. The van der Waals surface area contributed by atoms with Gasteiger partial charge in [-0.1, -0.05) is 0 Å². The third-order valence-corrected chi connectivity index (χ3v) is 3.28. The molecule has 7 nitrogen and oxygen atoms in total. The average molecular weight is 309 g/mol. The molecule has 1 heterocycles. The number of carbonyl (C=O) groups is 2. The van der Waals surface area contributed by atoms with Gasteiger partial charge in [0.2, 0.25) is 0 Å². The highest BCUT2D eigenvalue weighted by atomic mass is 16.4. The van der Waals surface area contributed by atoms with Crippen molar-refractivity contribution in [2.45, 2.75) is 0 Å². The van der Waals surface area contributed by atoms with Crippen LogP contribution in [0.1, 0.15) is 20.7 Å². The predicted molar refractivity (Wildman–Crippen MR) is 83.2 cm³/mol. The van der Waals surface area contributed by atoms with Gasteiger partial charge in [0.15, 0.2) is 0 Å². The molecule has 0 bridgehead atoms. The van der Waals surface area contributed by atoms with Gasteiger partial charge in [0.1, 0.15) is 12.1 Å². The van der Waals surface area contributed by atoms with Gasteiger partial charge in [0.05, 0.1) is 16.6 Å². The number of nitrogens with one attached hydrogen (secondary N) is 1.